The normalized spacial score (nSPS) is 13.7. The van der Waals surface area contributed by atoms with Gasteiger partial charge in [-0.3, -0.25) is 14.4 Å². The minimum Gasteiger partial charge on any atom is -0.454 e. The summed E-state index contributed by atoms with van der Waals surface area (Å²) in [5.74, 6) is -1.40. The number of carbonyl (C=O) groups is 3. The molecule has 2 N–H and O–H groups in total. The van der Waals surface area contributed by atoms with Crippen LogP contribution in [0.25, 0.3) is 0 Å². The van der Waals surface area contributed by atoms with Crippen molar-refractivity contribution in [2.75, 3.05) is 13.2 Å². The molecule has 0 spiro atoms. The molecule has 6 heteroatoms. The van der Waals surface area contributed by atoms with Crippen molar-refractivity contribution in [2.24, 2.45) is 0 Å². The van der Waals surface area contributed by atoms with Gasteiger partial charge in [-0.1, -0.05) is 35.9 Å². The monoisotopic (exact) mass is 408 g/mol. The molecule has 2 amide bonds. The molecule has 1 atom stereocenters. The van der Waals surface area contributed by atoms with Gasteiger partial charge in [0.05, 0.1) is 6.04 Å². The van der Waals surface area contributed by atoms with Crippen molar-refractivity contribution in [2.45, 2.75) is 45.6 Å². The summed E-state index contributed by atoms with van der Waals surface area (Å²) >= 11 is 0. The number of benzene rings is 2. The molecule has 158 valence electrons. The van der Waals surface area contributed by atoms with Crippen LogP contribution >= 0.6 is 0 Å². The van der Waals surface area contributed by atoms with Crippen LogP contribution in [0.15, 0.2) is 42.5 Å². The Labute approximate surface area is 177 Å². The van der Waals surface area contributed by atoms with Crippen LogP contribution in [0.4, 0.5) is 0 Å². The maximum absolute atomic E-state index is 12.1. The van der Waals surface area contributed by atoms with Gasteiger partial charge in [0.15, 0.2) is 6.61 Å². The zero-order valence-electron chi connectivity index (χ0n) is 17.5. The number of ether oxygens (including phenoxy) is 1. The number of fused-ring (bicyclic) bond motifs is 1. The van der Waals surface area contributed by atoms with Crippen molar-refractivity contribution in [3.63, 3.8) is 0 Å². The molecule has 0 bridgehead atoms. The topological polar surface area (TPSA) is 84.5 Å². The van der Waals surface area contributed by atoms with E-state index in [4.69, 9.17) is 4.74 Å². The molecule has 0 aromatic heterocycles. The molecule has 2 aromatic rings. The molecule has 1 aliphatic rings. The molecule has 6 nitrogen and oxygen atoms in total. The summed E-state index contributed by atoms with van der Waals surface area (Å²) in [4.78, 5) is 36.0. The first kappa shape index (κ1) is 21.6. The molecule has 0 fully saturated rings. The molecule has 2 aromatic carbocycles. The van der Waals surface area contributed by atoms with Gasteiger partial charge in [-0.05, 0) is 68.4 Å². The Morgan fingerprint density at radius 1 is 1.03 bits per heavy atom. The van der Waals surface area contributed by atoms with Crippen LogP contribution in [0.1, 0.15) is 58.4 Å². The van der Waals surface area contributed by atoms with Gasteiger partial charge in [0.2, 0.25) is 0 Å². The molecular formula is C24H28N2O4. The van der Waals surface area contributed by atoms with Crippen LogP contribution in [-0.4, -0.2) is 30.9 Å². The van der Waals surface area contributed by atoms with Crippen LogP contribution in [0, 0.1) is 6.92 Å². The number of esters is 1. The van der Waals surface area contributed by atoms with Crippen LogP contribution in [0.2, 0.25) is 0 Å². The number of rotatable bonds is 7. The highest BCUT2D eigenvalue weighted by molar-refractivity contribution is 5.96. The Bertz CT molecular complexity index is 939. The van der Waals surface area contributed by atoms with E-state index in [9.17, 15) is 14.4 Å². The van der Waals surface area contributed by atoms with E-state index in [0.717, 1.165) is 24.0 Å². The first-order valence-corrected chi connectivity index (χ1v) is 10.3. The van der Waals surface area contributed by atoms with E-state index in [0.29, 0.717) is 5.56 Å². The Hall–Kier alpha value is -3.15. The Kier molecular flexibility index (Phi) is 7.22. The van der Waals surface area contributed by atoms with E-state index in [-0.39, 0.29) is 31.0 Å². The third-order valence-corrected chi connectivity index (χ3v) is 5.29. The Morgan fingerprint density at radius 2 is 1.80 bits per heavy atom. The lowest BCUT2D eigenvalue weighted by Gasteiger charge is -2.20. The van der Waals surface area contributed by atoms with E-state index in [1.807, 2.05) is 26.0 Å². The van der Waals surface area contributed by atoms with E-state index < -0.39 is 5.97 Å². The molecule has 0 saturated carbocycles. The van der Waals surface area contributed by atoms with E-state index >= 15 is 0 Å². The van der Waals surface area contributed by atoms with E-state index in [2.05, 4.69) is 22.8 Å². The summed E-state index contributed by atoms with van der Waals surface area (Å²) < 4.78 is 4.98. The predicted octanol–water partition coefficient (Wildman–Crippen LogP) is 3.02. The van der Waals surface area contributed by atoms with Crippen molar-refractivity contribution in [1.82, 2.24) is 10.6 Å². The molecule has 0 heterocycles. The molecule has 0 aliphatic heterocycles. The summed E-state index contributed by atoms with van der Waals surface area (Å²) in [6.07, 6.45) is 4.63. The second-order valence-electron chi connectivity index (χ2n) is 7.74. The number of aryl methyl sites for hydroxylation is 3. The van der Waals surface area contributed by atoms with Crippen molar-refractivity contribution in [1.29, 1.82) is 0 Å². The summed E-state index contributed by atoms with van der Waals surface area (Å²) in [6, 6.07) is 13.2. The van der Waals surface area contributed by atoms with Crippen LogP contribution in [0.3, 0.4) is 0 Å². The third-order valence-electron chi connectivity index (χ3n) is 5.29. The van der Waals surface area contributed by atoms with Gasteiger partial charge in [0, 0.05) is 5.56 Å². The Balaban J connectivity index is 1.41. The van der Waals surface area contributed by atoms with Gasteiger partial charge < -0.3 is 15.4 Å². The first-order valence-electron chi connectivity index (χ1n) is 10.3. The van der Waals surface area contributed by atoms with Crippen molar-refractivity contribution in [3.8, 4) is 0 Å². The van der Waals surface area contributed by atoms with Gasteiger partial charge in [-0.15, -0.1) is 0 Å². The lowest BCUT2D eigenvalue weighted by molar-refractivity contribution is -0.147. The van der Waals surface area contributed by atoms with Gasteiger partial charge in [0.25, 0.3) is 11.8 Å². The number of hydrogen-bond acceptors (Lipinski definition) is 4. The number of nitrogens with one attached hydrogen (secondary N) is 2. The minimum atomic E-state index is -0.660. The van der Waals surface area contributed by atoms with E-state index in [1.165, 1.54) is 24.0 Å². The highest BCUT2D eigenvalue weighted by Crippen LogP contribution is 2.24. The van der Waals surface area contributed by atoms with Gasteiger partial charge in [-0.2, -0.15) is 0 Å². The lowest BCUT2D eigenvalue weighted by atomic mass is 9.89. The fraction of sp³-hybridized carbons (Fsp3) is 0.375. The lowest BCUT2D eigenvalue weighted by Crippen LogP contribution is -2.34. The van der Waals surface area contributed by atoms with Crippen molar-refractivity contribution < 1.29 is 19.1 Å². The maximum atomic E-state index is 12.1. The summed E-state index contributed by atoms with van der Waals surface area (Å²) in [7, 11) is 0. The smallest absolute Gasteiger partial charge is 0.325 e. The highest BCUT2D eigenvalue weighted by Gasteiger charge is 2.15. The zero-order valence-corrected chi connectivity index (χ0v) is 17.5. The van der Waals surface area contributed by atoms with E-state index in [1.54, 1.807) is 18.2 Å². The van der Waals surface area contributed by atoms with Crippen LogP contribution < -0.4 is 10.6 Å². The molecule has 3 rings (SSSR count). The SMILES string of the molecule is Cc1cccc(C(=O)NCC(=O)OCC(=O)N[C@@H](C)c2ccc3c(c2)CCCC3)c1. The number of amides is 2. The minimum absolute atomic E-state index is 0.176. The molecule has 0 saturated heterocycles. The van der Waals surface area contributed by atoms with Crippen LogP contribution in [0.5, 0.6) is 0 Å². The standard InChI is InChI=1S/C24H28N2O4/c1-16-6-5-9-21(12-16)24(29)25-14-23(28)30-15-22(27)26-17(2)19-11-10-18-7-3-4-8-20(18)13-19/h5-6,9-13,17H,3-4,7-8,14-15H2,1-2H3,(H,25,29)(H,26,27)/t17-/m0/s1. The highest BCUT2D eigenvalue weighted by atomic mass is 16.5. The fourth-order valence-electron chi connectivity index (χ4n) is 3.63. The molecule has 30 heavy (non-hydrogen) atoms. The number of hydrogen-bond donors (Lipinski definition) is 2. The summed E-state index contributed by atoms with van der Waals surface area (Å²) in [5.41, 5.74) is 5.22. The summed E-state index contributed by atoms with van der Waals surface area (Å²) in [6.45, 7) is 3.12. The first-order chi connectivity index (χ1) is 14.4. The molecule has 1 aliphatic carbocycles. The van der Waals surface area contributed by atoms with Crippen molar-refractivity contribution >= 4 is 17.8 Å². The second kappa shape index (κ2) is 10.1. The third kappa shape index (κ3) is 5.92. The maximum Gasteiger partial charge on any atom is 0.325 e. The van der Waals surface area contributed by atoms with Gasteiger partial charge in [0.1, 0.15) is 6.54 Å². The Morgan fingerprint density at radius 3 is 2.57 bits per heavy atom. The predicted molar refractivity (Wildman–Crippen MR) is 114 cm³/mol. The average Bonchev–Trinajstić information content (AvgIpc) is 2.75. The summed E-state index contributed by atoms with van der Waals surface area (Å²) in [5, 5.41) is 5.35. The number of carbonyl (C=O) groups excluding carboxylic acids is 3. The second-order valence-corrected chi connectivity index (χ2v) is 7.74. The van der Waals surface area contributed by atoms with Crippen molar-refractivity contribution in [3.05, 3.63) is 70.3 Å². The van der Waals surface area contributed by atoms with Gasteiger partial charge in [-0.25, -0.2) is 0 Å². The van der Waals surface area contributed by atoms with Gasteiger partial charge >= 0.3 is 5.97 Å². The van der Waals surface area contributed by atoms with Crippen LogP contribution in [-0.2, 0) is 27.2 Å². The molecule has 0 unspecified atom stereocenters. The molecular weight excluding hydrogens is 380 g/mol. The largest absolute Gasteiger partial charge is 0.454 e. The zero-order chi connectivity index (χ0) is 21.5. The quantitative estimate of drug-likeness (QED) is 0.690. The molecule has 0 radical (unpaired) electrons. The average molecular weight is 408 g/mol. The fourth-order valence-corrected chi connectivity index (χ4v) is 3.63.